The van der Waals surface area contributed by atoms with Crippen molar-refractivity contribution < 1.29 is 15.0 Å². The predicted octanol–water partition coefficient (Wildman–Crippen LogP) is 3.20. The van der Waals surface area contributed by atoms with E-state index in [1.54, 1.807) is 0 Å². The van der Waals surface area contributed by atoms with Crippen molar-refractivity contribution in [3.63, 3.8) is 0 Å². The van der Waals surface area contributed by atoms with Gasteiger partial charge in [-0.2, -0.15) is 5.10 Å². The van der Waals surface area contributed by atoms with Crippen LogP contribution in [0.25, 0.3) is 10.9 Å². The van der Waals surface area contributed by atoms with Crippen LogP contribution in [0.15, 0.2) is 58.7 Å². The van der Waals surface area contributed by atoms with Gasteiger partial charge in [-0.25, -0.2) is 10.4 Å². The van der Waals surface area contributed by atoms with E-state index < -0.39 is 0 Å². The van der Waals surface area contributed by atoms with Gasteiger partial charge in [-0.1, -0.05) is 30.0 Å². The Morgan fingerprint density at radius 1 is 1.23 bits per heavy atom. The first-order chi connectivity index (χ1) is 12.5. The molecule has 0 atom stereocenters. The first kappa shape index (κ1) is 17.8. The van der Waals surface area contributed by atoms with Crippen LogP contribution in [-0.2, 0) is 4.79 Å². The zero-order chi connectivity index (χ0) is 18.5. The summed E-state index contributed by atoms with van der Waals surface area (Å²) < 4.78 is 0. The average molecular weight is 367 g/mol. The van der Waals surface area contributed by atoms with Crippen LogP contribution in [0.4, 0.5) is 0 Å². The minimum Gasteiger partial charge on any atom is -0.508 e. The summed E-state index contributed by atoms with van der Waals surface area (Å²) in [5.74, 6) is -0.271. The Hall–Kier alpha value is -3.06. The number of hydrogen-bond acceptors (Lipinski definition) is 6. The summed E-state index contributed by atoms with van der Waals surface area (Å²) in [6, 6.07) is 14.0. The van der Waals surface area contributed by atoms with Crippen molar-refractivity contribution in [3.05, 3.63) is 59.7 Å². The molecule has 26 heavy (non-hydrogen) atoms. The number of hydrazone groups is 1. The molecule has 0 unspecified atom stereocenters. The smallest absolute Gasteiger partial charge is 0.250 e. The van der Waals surface area contributed by atoms with Gasteiger partial charge in [-0.05, 0) is 36.8 Å². The molecule has 0 bridgehead atoms. The number of para-hydroxylation sites is 1. The average Bonchev–Trinajstić information content (AvgIpc) is 2.62. The molecule has 3 aromatic rings. The first-order valence-corrected chi connectivity index (χ1v) is 8.84. The van der Waals surface area contributed by atoms with Crippen molar-refractivity contribution in [2.45, 2.75) is 11.9 Å². The van der Waals surface area contributed by atoms with Gasteiger partial charge >= 0.3 is 0 Å². The van der Waals surface area contributed by atoms with Crippen LogP contribution in [0.1, 0.15) is 11.1 Å². The summed E-state index contributed by atoms with van der Waals surface area (Å²) in [6.45, 7) is 2.02. The number of benzene rings is 2. The van der Waals surface area contributed by atoms with E-state index in [2.05, 4.69) is 15.5 Å². The number of rotatable bonds is 5. The lowest BCUT2D eigenvalue weighted by Gasteiger charge is -2.05. The van der Waals surface area contributed by atoms with E-state index in [-0.39, 0.29) is 23.2 Å². The molecule has 1 amide bonds. The Balaban J connectivity index is 1.58. The maximum atomic E-state index is 11.9. The summed E-state index contributed by atoms with van der Waals surface area (Å²) in [7, 11) is 0. The highest BCUT2D eigenvalue weighted by atomic mass is 32.2. The minimum atomic E-state index is -0.280. The molecule has 1 heterocycles. The molecule has 6 nitrogen and oxygen atoms in total. The number of aryl methyl sites for hydroxylation is 1. The molecule has 132 valence electrons. The lowest BCUT2D eigenvalue weighted by atomic mass is 10.1. The Morgan fingerprint density at radius 2 is 2.04 bits per heavy atom. The lowest BCUT2D eigenvalue weighted by molar-refractivity contribution is -0.118. The van der Waals surface area contributed by atoms with Crippen LogP contribution in [0.2, 0.25) is 0 Å². The summed E-state index contributed by atoms with van der Waals surface area (Å²) in [5, 5.41) is 24.6. The van der Waals surface area contributed by atoms with Crippen molar-refractivity contribution >= 4 is 34.8 Å². The van der Waals surface area contributed by atoms with Gasteiger partial charge in [-0.3, -0.25) is 4.79 Å². The van der Waals surface area contributed by atoms with Crippen molar-refractivity contribution in [2.75, 3.05) is 5.75 Å². The van der Waals surface area contributed by atoms with Gasteiger partial charge in [0, 0.05) is 17.0 Å². The van der Waals surface area contributed by atoms with Gasteiger partial charge in [0.1, 0.15) is 11.5 Å². The topological polar surface area (TPSA) is 94.8 Å². The molecule has 0 aliphatic heterocycles. The first-order valence-electron chi connectivity index (χ1n) is 7.86. The summed E-state index contributed by atoms with van der Waals surface area (Å²) in [6.07, 6.45) is 1.32. The van der Waals surface area contributed by atoms with E-state index in [0.29, 0.717) is 5.56 Å². The second kappa shape index (κ2) is 7.88. The molecule has 0 radical (unpaired) electrons. The fourth-order valence-electron chi connectivity index (χ4n) is 2.38. The van der Waals surface area contributed by atoms with Gasteiger partial charge in [0.2, 0.25) is 5.91 Å². The molecule has 0 fully saturated rings. The van der Waals surface area contributed by atoms with Gasteiger partial charge < -0.3 is 10.2 Å². The number of carbonyl (C=O) groups is 1. The summed E-state index contributed by atoms with van der Waals surface area (Å²) in [4.78, 5) is 16.5. The highest BCUT2D eigenvalue weighted by Gasteiger charge is 2.06. The number of pyridine rings is 1. The van der Waals surface area contributed by atoms with Gasteiger partial charge in [0.15, 0.2) is 0 Å². The number of amides is 1. The van der Waals surface area contributed by atoms with E-state index >= 15 is 0 Å². The zero-order valence-electron chi connectivity index (χ0n) is 14.0. The molecule has 1 aromatic heterocycles. The van der Waals surface area contributed by atoms with Crippen molar-refractivity contribution in [3.8, 4) is 11.5 Å². The maximum absolute atomic E-state index is 11.9. The van der Waals surface area contributed by atoms with Crippen molar-refractivity contribution in [2.24, 2.45) is 5.10 Å². The number of phenolic OH excluding ortho intramolecular Hbond substituents is 2. The standard InChI is InChI=1S/C19H17N3O3S/c1-12-8-19(21-16-5-3-2-4-15(12)16)26-11-18(25)22-20-10-13-6-7-14(23)9-17(13)24/h2-10,23-24H,11H2,1H3,(H,22,25)/b20-10-. The second-order valence-corrected chi connectivity index (χ2v) is 6.62. The number of thioether (sulfide) groups is 1. The minimum absolute atomic E-state index is 0.0433. The van der Waals surface area contributed by atoms with E-state index in [9.17, 15) is 15.0 Å². The molecule has 7 heteroatoms. The fraction of sp³-hybridized carbons (Fsp3) is 0.105. The Bertz CT molecular complexity index is 989. The number of aromatic nitrogens is 1. The lowest BCUT2D eigenvalue weighted by Crippen LogP contribution is -2.19. The van der Waals surface area contributed by atoms with Crippen LogP contribution < -0.4 is 5.43 Å². The molecule has 0 saturated heterocycles. The third-order valence-corrected chi connectivity index (χ3v) is 4.57. The quantitative estimate of drug-likeness (QED) is 0.366. The second-order valence-electron chi connectivity index (χ2n) is 5.62. The number of fused-ring (bicyclic) bond motifs is 1. The third-order valence-electron chi connectivity index (χ3n) is 3.66. The van der Waals surface area contributed by atoms with Gasteiger partial charge in [0.25, 0.3) is 0 Å². The van der Waals surface area contributed by atoms with Crippen LogP contribution in [-0.4, -0.2) is 33.1 Å². The highest BCUT2D eigenvalue weighted by molar-refractivity contribution is 7.99. The van der Waals surface area contributed by atoms with Crippen molar-refractivity contribution in [1.82, 2.24) is 10.4 Å². The van der Waals surface area contributed by atoms with Crippen LogP contribution in [0, 0.1) is 6.92 Å². The molecule has 0 spiro atoms. The molecular formula is C19H17N3O3S. The number of nitrogens with zero attached hydrogens (tertiary/aromatic N) is 2. The predicted molar refractivity (Wildman–Crippen MR) is 103 cm³/mol. The van der Waals surface area contributed by atoms with Crippen LogP contribution >= 0.6 is 11.8 Å². The molecule has 3 rings (SSSR count). The Kier molecular flexibility index (Phi) is 5.38. The Labute approximate surface area is 154 Å². The van der Waals surface area contributed by atoms with Crippen molar-refractivity contribution in [1.29, 1.82) is 0 Å². The third kappa shape index (κ3) is 4.31. The van der Waals surface area contributed by atoms with E-state index in [0.717, 1.165) is 21.5 Å². The number of aromatic hydroxyl groups is 2. The summed E-state index contributed by atoms with van der Waals surface area (Å²) in [5.41, 5.74) is 4.80. The van der Waals surface area contributed by atoms with E-state index in [1.807, 2.05) is 37.3 Å². The van der Waals surface area contributed by atoms with Gasteiger partial charge in [0.05, 0.1) is 22.5 Å². The number of hydrogen-bond donors (Lipinski definition) is 3. The number of phenols is 2. The molecule has 2 aromatic carbocycles. The van der Waals surface area contributed by atoms with E-state index in [1.165, 1.54) is 36.2 Å². The maximum Gasteiger partial charge on any atom is 0.250 e. The number of nitrogens with one attached hydrogen (secondary N) is 1. The molecular weight excluding hydrogens is 350 g/mol. The fourth-order valence-corrected chi connectivity index (χ4v) is 3.15. The monoisotopic (exact) mass is 367 g/mol. The largest absolute Gasteiger partial charge is 0.508 e. The Morgan fingerprint density at radius 3 is 2.85 bits per heavy atom. The van der Waals surface area contributed by atoms with E-state index in [4.69, 9.17) is 0 Å². The van der Waals surface area contributed by atoms with Gasteiger partial charge in [-0.15, -0.1) is 0 Å². The normalized spacial score (nSPS) is 11.1. The molecule has 0 aliphatic rings. The molecule has 0 aliphatic carbocycles. The highest BCUT2D eigenvalue weighted by Crippen LogP contribution is 2.23. The SMILES string of the molecule is Cc1cc(SCC(=O)N/N=C\c2ccc(O)cc2O)nc2ccccc12. The number of carbonyl (C=O) groups excluding carboxylic acids is 1. The van der Waals surface area contributed by atoms with Crippen LogP contribution in [0.5, 0.6) is 11.5 Å². The molecule has 0 saturated carbocycles. The summed E-state index contributed by atoms with van der Waals surface area (Å²) >= 11 is 1.33. The molecule has 3 N–H and O–H groups in total. The zero-order valence-corrected chi connectivity index (χ0v) is 14.8. The van der Waals surface area contributed by atoms with Crippen LogP contribution in [0.3, 0.4) is 0 Å².